The third-order valence-electron chi connectivity index (χ3n) is 3.85. The fraction of sp³-hybridized carbons (Fsp3) is 0.389. The van der Waals surface area contributed by atoms with Crippen LogP contribution in [0.5, 0.6) is 0 Å². The quantitative estimate of drug-likeness (QED) is 0.286. The number of hydrogen-bond acceptors (Lipinski definition) is 9. The van der Waals surface area contributed by atoms with Gasteiger partial charge in [-0.25, -0.2) is 4.98 Å². The van der Waals surface area contributed by atoms with Gasteiger partial charge in [-0.05, 0) is 32.2 Å². The van der Waals surface area contributed by atoms with Gasteiger partial charge in [-0.2, -0.15) is 0 Å². The van der Waals surface area contributed by atoms with Crippen LogP contribution in [-0.2, 0) is 20.9 Å². The topological polar surface area (TPSA) is 87.0 Å². The van der Waals surface area contributed by atoms with Crippen LogP contribution < -0.4 is 0 Å². The SMILES string of the molecule is CCOC(=O)[C@H](C(=O)CSc1nnc(-c2cccs2)n1CC)c1nc(C)cs1. The molecule has 28 heavy (non-hydrogen) atoms. The maximum absolute atomic E-state index is 12.9. The van der Waals surface area contributed by atoms with Crippen molar-refractivity contribution in [2.75, 3.05) is 12.4 Å². The van der Waals surface area contributed by atoms with Gasteiger partial charge in [-0.3, -0.25) is 9.59 Å². The number of hydrogen-bond donors (Lipinski definition) is 0. The second-order valence-electron chi connectivity index (χ2n) is 5.79. The normalized spacial score (nSPS) is 12.1. The lowest BCUT2D eigenvalue weighted by Crippen LogP contribution is -2.25. The molecule has 10 heteroatoms. The summed E-state index contributed by atoms with van der Waals surface area (Å²) in [5, 5.41) is 13.4. The summed E-state index contributed by atoms with van der Waals surface area (Å²) in [5.41, 5.74) is 0.779. The van der Waals surface area contributed by atoms with Gasteiger partial charge in [-0.1, -0.05) is 17.8 Å². The minimum absolute atomic E-state index is 0.0880. The van der Waals surface area contributed by atoms with Gasteiger partial charge >= 0.3 is 5.97 Å². The minimum atomic E-state index is -0.999. The summed E-state index contributed by atoms with van der Waals surface area (Å²) in [6.45, 7) is 6.46. The molecule has 0 N–H and O–H groups in total. The summed E-state index contributed by atoms with van der Waals surface area (Å²) < 4.78 is 7.07. The Kier molecular flexibility index (Phi) is 6.97. The van der Waals surface area contributed by atoms with E-state index in [1.54, 1.807) is 18.3 Å². The Hall–Kier alpha value is -2.04. The number of carbonyl (C=O) groups is 2. The lowest BCUT2D eigenvalue weighted by atomic mass is 10.1. The number of aromatic nitrogens is 4. The molecule has 0 saturated carbocycles. The Morgan fingerprint density at radius 3 is 2.71 bits per heavy atom. The van der Waals surface area contributed by atoms with Gasteiger partial charge in [-0.15, -0.1) is 32.9 Å². The molecule has 3 rings (SSSR count). The van der Waals surface area contributed by atoms with Crippen molar-refractivity contribution in [1.82, 2.24) is 19.7 Å². The number of carbonyl (C=O) groups excluding carboxylic acids is 2. The highest BCUT2D eigenvalue weighted by molar-refractivity contribution is 7.99. The average Bonchev–Trinajstić information content (AvgIpc) is 3.40. The lowest BCUT2D eigenvalue weighted by Gasteiger charge is -2.12. The van der Waals surface area contributed by atoms with Gasteiger partial charge in [0.05, 0.1) is 17.2 Å². The predicted molar refractivity (Wildman–Crippen MR) is 111 cm³/mol. The Morgan fingerprint density at radius 2 is 2.11 bits per heavy atom. The van der Waals surface area contributed by atoms with E-state index in [1.165, 1.54) is 23.1 Å². The molecule has 3 aromatic heterocycles. The van der Waals surface area contributed by atoms with Crippen molar-refractivity contribution in [1.29, 1.82) is 0 Å². The maximum atomic E-state index is 12.9. The molecule has 0 unspecified atom stereocenters. The Bertz CT molecular complexity index is 949. The highest BCUT2D eigenvalue weighted by Crippen LogP contribution is 2.29. The molecule has 0 radical (unpaired) electrons. The Balaban J connectivity index is 1.77. The number of nitrogens with zero attached hydrogens (tertiary/aromatic N) is 4. The van der Waals surface area contributed by atoms with Crippen molar-refractivity contribution < 1.29 is 14.3 Å². The van der Waals surface area contributed by atoms with Crippen molar-refractivity contribution >= 4 is 46.2 Å². The summed E-state index contributed by atoms with van der Waals surface area (Å²) in [6, 6.07) is 3.95. The molecule has 0 aliphatic carbocycles. The smallest absolute Gasteiger partial charge is 0.323 e. The maximum Gasteiger partial charge on any atom is 0.323 e. The van der Waals surface area contributed by atoms with E-state index in [1.807, 2.05) is 41.3 Å². The van der Waals surface area contributed by atoms with E-state index in [2.05, 4.69) is 15.2 Å². The van der Waals surface area contributed by atoms with E-state index in [9.17, 15) is 9.59 Å². The van der Waals surface area contributed by atoms with E-state index in [4.69, 9.17) is 4.74 Å². The van der Waals surface area contributed by atoms with Crippen LogP contribution in [-0.4, -0.2) is 43.9 Å². The zero-order valence-corrected chi connectivity index (χ0v) is 18.2. The van der Waals surface area contributed by atoms with Gasteiger partial charge in [0.1, 0.15) is 5.01 Å². The molecule has 3 heterocycles. The fourth-order valence-electron chi connectivity index (χ4n) is 2.59. The molecular formula is C18H20N4O3S3. The number of thiazole rings is 1. The highest BCUT2D eigenvalue weighted by atomic mass is 32.2. The molecule has 1 atom stereocenters. The summed E-state index contributed by atoms with van der Waals surface area (Å²) in [5.74, 6) is -0.935. The Morgan fingerprint density at radius 1 is 1.29 bits per heavy atom. The van der Waals surface area contributed by atoms with Crippen LogP contribution >= 0.6 is 34.4 Å². The zero-order valence-electron chi connectivity index (χ0n) is 15.7. The van der Waals surface area contributed by atoms with Crippen LogP contribution in [0.1, 0.15) is 30.5 Å². The first-order valence-electron chi connectivity index (χ1n) is 8.76. The van der Waals surface area contributed by atoms with Crippen molar-refractivity contribution in [2.45, 2.75) is 38.4 Å². The third-order valence-corrected chi connectivity index (χ3v) is 6.73. The van der Waals surface area contributed by atoms with E-state index in [-0.39, 0.29) is 18.1 Å². The molecule has 0 aliphatic rings. The van der Waals surface area contributed by atoms with Crippen LogP contribution in [0.25, 0.3) is 10.7 Å². The number of thiophene rings is 1. The number of ketones is 1. The first-order valence-corrected chi connectivity index (χ1v) is 11.5. The van der Waals surface area contributed by atoms with Crippen molar-refractivity contribution in [2.24, 2.45) is 0 Å². The van der Waals surface area contributed by atoms with Gasteiger partial charge in [0.2, 0.25) is 0 Å². The molecule has 0 saturated heterocycles. The summed E-state index contributed by atoms with van der Waals surface area (Å²) >= 11 is 4.16. The van der Waals surface area contributed by atoms with E-state index in [0.29, 0.717) is 16.7 Å². The molecule has 0 spiro atoms. The van der Waals surface area contributed by atoms with Gasteiger partial charge < -0.3 is 9.30 Å². The summed E-state index contributed by atoms with van der Waals surface area (Å²) in [4.78, 5) is 30.6. The standard InChI is InChI=1S/C18H20N4O3S3/c1-4-22-15(13-7-6-8-26-13)20-21-18(22)28-10-12(23)14(17(24)25-5-2)16-19-11(3)9-27-16/h6-9,14H,4-5,10H2,1-3H3/t14-/m1/s1. The van der Waals surface area contributed by atoms with Crippen LogP contribution in [0.3, 0.4) is 0 Å². The van der Waals surface area contributed by atoms with Crippen molar-refractivity contribution in [3.8, 4) is 10.7 Å². The third kappa shape index (κ3) is 4.50. The number of Topliss-reactive ketones (excluding diaryl/α,β-unsaturated/α-hetero) is 1. The van der Waals surface area contributed by atoms with Gasteiger partial charge in [0.15, 0.2) is 22.7 Å². The summed E-state index contributed by atoms with van der Waals surface area (Å²) in [6.07, 6.45) is 0. The Labute approximate surface area is 175 Å². The number of aryl methyl sites for hydroxylation is 1. The van der Waals surface area contributed by atoms with E-state index in [0.717, 1.165) is 16.4 Å². The van der Waals surface area contributed by atoms with Gasteiger partial charge in [0, 0.05) is 17.6 Å². The second-order valence-corrected chi connectivity index (χ2v) is 8.57. The first-order chi connectivity index (χ1) is 13.5. The van der Waals surface area contributed by atoms with Crippen LogP contribution in [0.15, 0.2) is 28.0 Å². The predicted octanol–water partition coefficient (Wildman–Crippen LogP) is 3.80. The van der Waals surface area contributed by atoms with Crippen molar-refractivity contribution in [3.63, 3.8) is 0 Å². The fourth-order valence-corrected chi connectivity index (χ4v) is 5.12. The number of rotatable bonds is 9. The molecule has 0 aromatic carbocycles. The monoisotopic (exact) mass is 436 g/mol. The highest BCUT2D eigenvalue weighted by Gasteiger charge is 2.32. The lowest BCUT2D eigenvalue weighted by molar-refractivity contribution is -0.147. The number of thioether (sulfide) groups is 1. The van der Waals surface area contributed by atoms with Gasteiger partial charge in [0.25, 0.3) is 0 Å². The molecule has 7 nitrogen and oxygen atoms in total. The number of ether oxygens (including phenoxy) is 1. The van der Waals surface area contributed by atoms with Crippen LogP contribution in [0.2, 0.25) is 0 Å². The van der Waals surface area contributed by atoms with Crippen molar-refractivity contribution in [3.05, 3.63) is 33.6 Å². The molecule has 148 valence electrons. The minimum Gasteiger partial charge on any atom is -0.465 e. The molecular weight excluding hydrogens is 416 g/mol. The second kappa shape index (κ2) is 9.44. The molecule has 0 aliphatic heterocycles. The average molecular weight is 437 g/mol. The largest absolute Gasteiger partial charge is 0.465 e. The molecule has 0 bridgehead atoms. The molecule has 3 aromatic rings. The van der Waals surface area contributed by atoms with E-state index >= 15 is 0 Å². The summed E-state index contributed by atoms with van der Waals surface area (Å²) in [7, 11) is 0. The molecule has 0 amide bonds. The zero-order chi connectivity index (χ0) is 20.1. The van der Waals surface area contributed by atoms with Crippen LogP contribution in [0.4, 0.5) is 0 Å². The number of esters is 1. The van der Waals surface area contributed by atoms with Crippen LogP contribution in [0, 0.1) is 6.92 Å². The molecule has 0 fully saturated rings. The first kappa shape index (κ1) is 20.7. The van der Waals surface area contributed by atoms with E-state index < -0.39 is 11.9 Å².